The van der Waals surface area contributed by atoms with Crippen LogP contribution in [-0.4, -0.2) is 0 Å². The Morgan fingerprint density at radius 2 is 2.08 bits per heavy atom. The van der Waals surface area contributed by atoms with Crippen molar-refractivity contribution in [2.75, 3.05) is 0 Å². The van der Waals surface area contributed by atoms with Gasteiger partial charge in [-0.3, -0.25) is 0 Å². The Balaban J connectivity index is 2.60. The van der Waals surface area contributed by atoms with E-state index in [4.69, 9.17) is 0 Å². The second-order valence-electron chi connectivity index (χ2n) is 4.69. The van der Waals surface area contributed by atoms with Crippen molar-refractivity contribution in [3.8, 4) is 0 Å². The van der Waals surface area contributed by atoms with Crippen LogP contribution in [0.3, 0.4) is 0 Å². The molecule has 2 rings (SSSR count). The highest BCUT2D eigenvalue weighted by atomic mass is 14.3. The van der Waals surface area contributed by atoms with Crippen molar-refractivity contribution in [2.24, 2.45) is 0 Å². The third-order valence-corrected chi connectivity index (χ3v) is 3.31. The fraction of sp³-hybridized carbons (Fsp3) is 0.538. The first-order valence-corrected chi connectivity index (χ1v) is 5.26. The molecule has 0 radical (unpaired) electrons. The van der Waals surface area contributed by atoms with Crippen LogP contribution in [0, 0.1) is 0 Å². The predicted octanol–water partition coefficient (Wildman–Crippen LogP) is 3.47. The Morgan fingerprint density at radius 1 is 1.31 bits per heavy atom. The first kappa shape index (κ1) is 8.80. The second-order valence-corrected chi connectivity index (χ2v) is 4.69. The van der Waals surface area contributed by atoms with Gasteiger partial charge in [0.2, 0.25) is 0 Å². The summed E-state index contributed by atoms with van der Waals surface area (Å²) in [5, 5.41) is 0. The van der Waals surface area contributed by atoms with E-state index in [9.17, 15) is 0 Å². The van der Waals surface area contributed by atoms with E-state index < -0.39 is 0 Å². The summed E-state index contributed by atoms with van der Waals surface area (Å²) in [5.41, 5.74) is 5.20. The van der Waals surface area contributed by atoms with Gasteiger partial charge < -0.3 is 0 Å². The lowest BCUT2D eigenvalue weighted by atomic mass is 9.83. The fourth-order valence-electron chi connectivity index (χ4n) is 2.60. The number of rotatable bonds is 1. The smallest absolute Gasteiger partial charge is 0.00949 e. The van der Waals surface area contributed by atoms with Crippen molar-refractivity contribution in [3.05, 3.63) is 34.9 Å². The van der Waals surface area contributed by atoms with Crippen molar-refractivity contribution in [3.63, 3.8) is 0 Å². The molecule has 0 N–H and O–H groups in total. The summed E-state index contributed by atoms with van der Waals surface area (Å²) >= 11 is 0. The number of hydrogen-bond acceptors (Lipinski definition) is 0. The Bertz CT molecular complexity index is 321. The number of benzene rings is 1. The van der Waals surface area contributed by atoms with Gasteiger partial charge in [0.1, 0.15) is 0 Å². The summed E-state index contributed by atoms with van der Waals surface area (Å²) < 4.78 is 0. The monoisotopic (exact) mass is 174 g/mol. The number of hydrogen-bond donors (Lipinski definition) is 0. The molecule has 1 aromatic carbocycles. The van der Waals surface area contributed by atoms with E-state index in [2.05, 4.69) is 39.0 Å². The normalized spacial score (nSPS) is 18.7. The molecule has 0 aromatic heterocycles. The van der Waals surface area contributed by atoms with Crippen LogP contribution in [0.25, 0.3) is 0 Å². The van der Waals surface area contributed by atoms with Crippen molar-refractivity contribution < 1.29 is 0 Å². The standard InChI is InChI=1S/C13H18/c1-4-10-6-5-7-11-8-9-13(2,3)12(10)11/h5-7H,4,8-9H2,1-3H3. The minimum atomic E-state index is 0.419. The molecule has 0 heterocycles. The van der Waals surface area contributed by atoms with Gasteiger partial charge in [-0.25, -0.2) is 0 Å². The molecule has 0 heteroatoms. The average molecular weight is 174 g/mol. The van der Waals surface area contributed by atoms with Crippen molar-refractivity contribution in [2.45, 2.75) is 45.4 Å². The molecule has 0 fully saturated rings. The van der Waals surface area contributed by atoms with Crippen LogP contribution in [0.2, 0.25) is 0 Å². The van der Waals surface area contributed by atoms with E-state index in [1.54, 1.807) is 16.7 Å². The zero-order chi connectivity index (χ0) is 9.47. The Kier molecular flexibility index (Phi) is 1.94. The predicted molar refractivity (Wildman–Crippen MR) is 57.2 cm³/mol. The maximum atomic E-state index is 2.37. The largest absolute Gasteiger partial charge is 0.0617 e. The van der Waals surface area contributed by atoms with Gasteiger partial charge in [0, 0.05) is 0 Å². The van der Waals surface area contributed by atoms with Crippen LogP contribution in [0.1, 0.15) is 43.9 Å². The topological polar surface area (TPSA) is 0 Å². The molecule has 1 aliphatic carbocycles. The summed E-state index contributed by atoms with van der Waals surface area (Å²) in [7, 11) is 0. The molecular weight excluding hydrogens is 156 g/mol. The van der Waals surface area contributed by atoms with Gasteiger partial charge in [0.25, 0.3) is 0 Å². The average Bonchev–Trinajstić information content (AvgIpc) is 2.43. The zero-order valence-corrected chi connectivity index (χ0v) is 8.85. The summed E-state index contributed by atoms with van der Waals surface area (Å²) in [5.74, 6) is 0. The van der Waals surface area contributed by atoms with E-state index in [1.807, 2.05) is 0 Å². The third kappa shape index (κ3) is 1.29. The molecule has 1 aliphatic rings. The minimum absolute atomic E-state index is 0.419. The molecule has 0 nitrogen and oxygen atoms in total. The first-order chi connectivity index (χ1) is 6.15. The van der Waals surface area contributed by atoms with Crippen LogP contribution in [0.4, 0.5) is 0 Å². The Morgan fingerprint density at radius 3 is 2.77 bits per heavy atom. The molecule has 0 unspecified atom stereocenters. The van der Waals surface area contributed by atoms with Gasteiger partial charge in [-0.2, -0.15) is 0 Å². The van der Waals surface area contributed by atoms with Crippen molar-refractivity contribution >= 4 is 0 Å². The molecule has 0 aliphatic heterocycles. The van der Waals surface area contributed by atoms with Gasteiger partial charge >= 0.3 is 0 Å². The second kappa shape index (κ2) is 2.87. The summed E-state index contributed by atoms with van der Waals surface area (Å²) in [4.78, 5) is 0. The van der Waals surface area contributed by atoms with Crippen molar-refractivity contribution in [1.82, 2.24) is 0 Å². The molecule has 13 heavy (non-hydrogen) atoms. The van der Waals surface area contributed by atoms with E-state index in [1.165, 1.54) is 19.3 Å². The van der Waals surface area contributed by atoms with Crippen molar-refractivity contribution in [1.29, 1.82) is 0 Å². The van der Waals surface area contributed by atoms with Crippen LogP contribution >= 0.6 is 0 Å². The SMILES string of the molecule is CCc1cccc2c1C(C)(C)CC2. The third-order valence-electron chi connectivity index (χ3n) is 3.31. The van der Waals surface area contributed by atoms with Crippen LogP contribution in [0.5, 0.6) is 0 Å². The Labute approximate surface area is 81.0 Å². The fourth-order valence-corrected chi connectivity index (χ4v) is 2.60. The Hall–Kier alpha value is -0.780. The molecular formula is C13H18. The minimum Gasteiger partial charge on any atom is -0.0617 e. The van der Waals surface area contributed by atoms with Gasteiger partial charge in [-0.15, -0.1) is 0 Å². The van der Waals surface area contributed by atoms with Gasteiger partial charge in [0.05, 0.1) is 0 Å². The highest BCUT2D eigenvalue weighted by Gasteiger charge is 2.31. The number of fused-ring (bicyclic) bond motifs is 1. The lowest BCUT2D eigenvalue weighted by Gasteiger charge is -2.21. The van der Waals surface area contributed by atoms with Gasteiger partial charge in [-0.1, -0.05) is 39.0 Å². The van der Waals surface area contributed by atoms with Crippen LogP contribution in [0.15, 0.2) is 18.2 Å². The highest BCUT2D eigenvalue weighted by molar-refractivity contribution is 5.44. The van der Waals surface area contributed by atoms with E-state index in [0.717, 1.165) is 0 Å². The van der Waals surface area contributed by atoms with Gasteiger partial charge in [-0.05, 0) is 41.4 Å². The molecule has 0 amide bonds. The molecule has 1 aromatic rings. The molecule has 0 saturated heterocycles. The van der Waals surface area contributed by atoms with E-state index >= 15 is 0 Å². The molecule has 0 spiro atoms. The maximum Gasteiger partial charge on any atom is -0.00949 e. The first-order valence-electron chi connectivity index (χ1n) is 5.26. The summed E-state index contributed by atoms with van der Waals surface area (Å²) in [6, 6.07) is 6.79. The van der Waals surface area contributed by atoms with Gasteiger partial charge in [0.15, 0.2) is 0 Å². The van der Waals surface area contributed by atoms with E-state index in [0.29, 0.717) is 5.41 Å². The zero-order valence-electron chi connectivity index (χ0n) is 8.85. The maximum absolute atomic E-state index is 2.37. The quantitative estimate of drug-likeness (QED) is 0.611. The lowest BCUT2D eigenvalue weighted by Crippen LogP contribution is -2.14. The summed E-state index contributed by atoms with van der Waals surface area (Å²) in [6.07, 6.45) is 3.77. The molecule has 0 bridgehead atoms. The highest BCUT2D eigenvalue weighted by Crippen LogP contribution is 2.40. The molecule has 70 valence electrons. The summed E-state index contributed by atoms with van der Waals surface area (Å²) in [6.45, 7) is 7.00. The molecule has 0 atom stereocenters. The van der Waals surface area contributed by atoms with Crippen LogP contribution < -0.4 is 0 Å². The lowest BCUT2D eigenvalue weighted by molar-refractivity contribution is 0.518. The molecule has 0 saturated carbocycles. The van der Waals surface area contributed by atoms with Crippen LogP contribution in [-0.2, 0) is 18.3 Å². The number of aryl methyl sites for hydroxylation is 2. The van der Waals surface area contributed by atoms with E-state index in [-0.39, 0.29) is 0 Å².